The number of hydrogen-bond acceptors (Lipinski definition) is 3. The number of hydroxylamine groups is 2. The molecule has 1 aliphatic rings. The number of hydrogen-bond donors (Lipinski definition) is 2. The third-order valence-electron chi connectivity index (χ3n) is 8.59. The second-order valence-electron chi connectivity index (χ2n) is 13.0. The van der Waals surface area contributed by atoms with Gasteiger partial charge in [-0.05, 0) is 0 Å². The Hall–Kier alpha value is -2.52. The first-order chi connectivity index (χ1) is 18.3. The Morgan fingerprint density at radius 2 is 1.13 bits per heavy atom. The average Bonchev–Trinajstić information content (AvgIpc) is 2.87. The van der Waals surface area contributed by atoms with E-state index in [1.54, 1.807) is 0 Å². The molecule has 0 atom stereocenters. The van der Waals surface area contributed by atoms with E-state index in [4.69, 9.17) is 0 Å². The fourth-order valence-corrected chi connectivity index (χ4v) is 11.4. The van der Waals surface area contributed by atoms with E-state index >= 15 is 0 Å². The first kappa shape index (κ1) is 29.5. The molecule has 0 radical (unpaired) electrons. The monoisotopic (exact) mass is 546 g/mol. The summed E-state index contributed by atoms with van der Waals surface area (Å²) < 4.78 is 0. The Morgan fingerprint density at radius 1 is 0.769 bits per heavy atom. The molecule has 0 aromatic heterocycles. The van der Waals surface area contributed by atoms with Gasteiger partial charge in [0.2, 0.25) is 0 Å². The van der Waals surface area contributed by atoms with Crippen molar-refractivity contribution in [2.24, 2.45) is 0 Å². The third-order valence-corrected chi connectivity index (χ3v) is 13.7. The number of piperidine rings is 1. The van der Waals surface area contributed by atoms with Crippen LogP contribution in [-0.2, 0) is 4.79 Å². The molecule has 0 spiro atoms. The van der Waals surface area contributed by atoms with E-state index < -0.39 is 7.26 Å². The van der Waals surface area contributed by atoms with Gasteiger partial charge < -0.3 is 0 Å². The molecular weight excluding hydrogens is 499 g/mol. The molecule has 39 heavy (non-hydrogen) atoms. The van der Waals surface area contributed by atoms with Crippen molar-refractivity contribution in [3.05, 3.63) is 89.5 Å². The second-order valence-corrected chi connectivity index (χ2v) is 17.0. The Bertz CT molecular complexity index is 1140. The van der Waals surface area contributed by atoms with Crippen LogP contribution in [0.3, 0.4) is 0 Å². The normalized spacial score (nSPS) is 18.1. The summed E-state index contributed by atoms with van der Waals surface area (Å²) in [5, 5.41) is 19.6. The Labute approximate surface area is 236 Å². The van der Waals surface area contributed by atoms with Gasteiger partial charge in [0.15, 0.2) is 0 Å². The van der Waals surface area contributed by atoms with Crippen molar-refractivity contribution in [2.75, 3.05) is 6.16 Å². The van der Waals surface area contributed by atoms with Gasteiger partial charge in [-0.15, -0.1) is 0 Å². The molecule has 1 heterocycles. The molecule has 1 fully saturated rings. The summed E-state index contributed by atoms with van der Waals surface area (Å²) in [5.41, 5.74) is 3.00. The van der Waals surface area contributed by atoms with Crippen molar-refractivity contribution >= 4 is 29.1 Å². The van der Waals surface area contributed by atoms with Gasteiger partial charge in [0, 0.05) is 0 Å². The van der Waals surface area contributed by atoms with Gasteiger partial charge in [0.25, 0.3) is 0 Å². The molecule has 0 bridgehead atoms. The van der Waals surface area contributed by atoms with Crippen LogP contribution in [0.1, 0.15) is 70.1 Å². The number of carbonyl (C=O) groups is 1. The van der Waals surface area contributed by atoms with Crippen LogP contribution in [0, 0.1) is 20.8 Å². The summed E-state index contributed by atoms with van der Waals surface area (Å²) in [6, 6.07) is 27.3. The van der Waals surface area contributed by atoms with Crippen molar-refractivity contribution in [3.8, 4) is 0 Å². The Kier molecular flexibility index (Phi) is 8.71. The van der Waals surface area contributed by atoms with E-state index in [1.807, 2.05) is 27.7 Å². The molecule has 210 valence electrons. The van der Waals surface area contributed by atoms with E-state index in [-0.39, 0.29) is 23.0 Å². The summed E-state index contributed by atoms with van der Waals surface area (Å²) in [6.45, 7) is 14.6. The maximum absolute atomic E-state index is 13.3. The van der Waals surface area contributed by atoms with Gasteiger partial charge in [-0.25, -0.2) is 0 Å². The molecule has 0 saturated carbocycles. The predicted molar refractivity (Wildman–Crippen MR) is 168 cm³/mol. The number of amides is 1. The van der Waals surface area contributed by atoms with Crippen molar-refractivity contribution in [2.45, 2.75) is 91.3 Å². The van der Waals surface area contributed by atoms with Gasteiger partial charge in [0.05, 0.1) is 0 Å². The minimum atomic E-state index is -2.39. The van der Waals surface area contributed by atoms with E-state index in [0.717, 1.165) is 25.4 Å². The number of rotatable bonds is 8. The average molecular weight is 547 g/mol. The quantitative estimate of drug-likeness (QED) is 0.344. The SMILES string of the molecule is Cc1ccc([PH](CCCC(=O)NC2CC(C)(C)N(O)C(C)(C)C2)(c2ccc(C)cc2)c2ccc(C)cc2)cc1. The number of benzene rings is 3. The zero-order valence-corrected chi connectivity index (χ0v) is 25.8. The van der Waals surface area contributed by atoms with E-state index in [1.165, 1.54) is 37.7 Å². The van der Waals surface area contributed by atoms with Crippen LogP contribution in [0.2, 0.25) is 0 Å². The molecule has 1 amide bonds. The molecule has 2 N–H and O–H groups in total. The minimum absolute atomic E-state index is 0.0548. The molecule has 5 heteroatoms. The Morgan fingerprint density at radius 3 is 1.49 bits per heavy atom. The second kappa shape index (κ2) is 11.5. The molecule has 1 saturated heterocycles. The van der Waals surface area contributed by atoms with Gasteiger partial charge in [0.1, 0.15) is 0 Å². The van der Waals surface area contributed by atoms with Crippen molar-refractivity contribution in [3.63, 3.8) is 0 Å². The molecule has 4 rings (SSSR count). The zero-order chi connectivity index (χ0) is 28.4. The third kappa shape index (κ3) is 6.46. The summed E-state index contributed by atoms with van der Waals surface area (Å²) in [7, 11) is -2.39. The summed E-state index contributed by atoms with van der Waals surface area (Å²) in [5.74, 6) is 0.109. The van der Waals surface area contributed by atoms with Gasteiger partial charge >= 0.3 is 236 Å². The maximum atomic E-state index is 13.3. The Balaban J connectivity index is 1.61. The topological polar surface area (TPSA) is 52.6 Å². The van der Waals surface area contributed by atoms with E-state index in [9.17, 15) is 10.0 Å². The first-order valence-corrected chi connectivity index (χ1v) is 16.5. The van der Waals surface area contributed by atoms with Crippen LogP contribution in [0.15, 0.2) is 72.8 Å². The molecule has 0 unspecified atom stereocenters. The van der Waals surface area contributed by atoms with Gasteiger partial charge in [-0.1, -0.05) is 0 Å². The van der Waals surface area contributed by atoms with Crippen molar-refractivity contribution < 1.29 is 10.0 Å². The van der Waals surface area contributed by atoms with E-state index in [0.29, 0.717) is 6.42 Å². The number of nitrogens with zero attached hydrogens (tertiary/aromatic N) is 1. The number of nitrogens with one attached hydrogen (secondary N) is 1. The van der Waals surface area contributed by atoms with Crippen LogP contribution in [0.25, 0.3) is 0 Å². The fraction of sp³-hybridized carbons (Fsp3) is 0.441. The zero-order valence-electron chi connectivity index (χ0n) is 24.8. The molecule has 3 aromatic carbocycles. The van der Waals surface area contributed by atoms with Crippen LogP contribution in [-0.4, -0.2) is 39.5 Å². The number of carbonyl (C=O) groups excluding carboxylic acids is 1. The molecule has 0 aliphatic carbocycles. The van der Waals surface area contributed by atoms with Gasteiger partial charge in [-0.3, -0.25) is 0 Å². The first-order valence-electron chi connectivity index (χ1n) is 14.3. The molecular formula is C34H47N2O2P. The van der Waals surface area contributed by atoms with Crippen molar-refractivity contribution in [1.29, 1.82) is 0 Å². The molecule has 3 aromatic rings. The van der Waals surface area contributed by atoms with Crippen LogP contribution >= 0.6 is 7.26 Å². The summed E-state index contributed by atoms with van der Waals surface area (Å²) >= 11 is 0. The summed E-state index contributed by atoms with van der Waals surface area (Å²) in [6.07, 6.45) is 3.74. The number of aryl methyl sites for hydroxylation is 3. The molecule has 1 aliphatic heterocycles. The summed E-state index contributed by atoms with van der Waals surface area (Å²) in [4.78, 5) is 13.3. The standard InChI is InChI=1S/C34H47N2O2P/c1-25-10-16-29(17-11-25)39(30-18-12-26(2)13-19-30,31-20-14-27(3)15-21-31)22-8-9-32(37)35-28-23-33(4,5)36(38)34(6,7)24-28/h10-21,28,38-39H,8-9,22-24H2,1-7H3,(H,35,37). The molecule has 4 nitrogen and oxygen atoms in total. The van der Waals surface area contributed by atoms with E-state index in [2.05, 4.69) is 98.9 Å². The van der Waals surface area contributed by atoms with Crippen LogP contribution in [0.4, 0.5) is 0 Å². The van der Waals surface area contributed by atoms with Crippen LogP contribution < -0.4 is 21.2 Å². The van der Waals surface area contributed by atoms with Gasteiger partial charge in [-0.2, -0.15) is 0 Å². The van der Waals surface area contributed by atoms with Crippen molar-refractivity contribution in [1.82, 2.24) is 10.4 Å². The van der Waals surface area contributed by atoms with Crippen LogP contribution in [0.5, 0.6) is 0 Å². The fourth-order valence-electron chi connectivity index (χ4n) is 6.63. The predicted octanol–water partition coefficient (Wildman–Crippen LogP) is 5.95.